The Hall–Kier alpha value is -1.35. The zero-order chi connectivity index (χ0) is 14.6. The molecule has 3 nitrogen and oxygen atoms in total. The van der Waals surface area contributed by atoms with Gasteiger partial charge in [-0.15, -0.1) is 0 Å². The van der Waals surface area contributed by atoms with Crippen molar-refractivity contribution in [3.8, 4) is 0 Å². The molecule has 0 bridgehead atoms. The van der Waals surface area contributed by atoms with Crippen LogP contribution < -0.4 is 11.1 Å². The van der Waals surface area contributed by atoms with E-state index in [1.807, 2.05) is 25.1 Å². The highest BCUT2D eigenvalue weighted by molar-refractivity contribution is 5.91. The normalized spacial score (nSPS) is 13.2. The maximum absolute atomic E-state index is 11.9. The minimum absolute atomic E-state index is 0.0139. The Morgan fingerprint density at radius 1 is 1.26 bits per heavy atom. The first-order valence-corrected chi connectivity index (χ1v) is 6.80. The smallest absolute Gasteiger partial charge is 0.225 e. The minimum Gasteiger partial charge on any atom is -0.327 e. The molecule has 0 fully saturated rings. The van der Waals surface area contributed by atoms with Crippen LogP contribution in [0.2, 0.25) is 0 Å². The predicted molar refractivity (Wildman–Crippen MR) is 81.2 cm³/mol. The number of nitrogens with two attached hydrogens (primary N) is 1. The molecule has 0 saturated heterocycles. The van der Waals surface area contributed by atoms with Crippen molar-refractivity contribution < 1.29 is 4.79 Å². The lowest BCUT2D eigenvalue weighted by Gasteiger charge is -2.22. The molecule has 1 aromatic rings. The molecule has 0 aliphatic rings. The molecule has 3 heteroatoms. The number of hydrogen-bond donors (Lipinski definition) is 2. The van der Waals surface area contributed by atoms with Gasteiger partial charge in [0.1, 0.15) is 0 Å². The number of amides is 1. The van der Waals surface area contributed by atoms with Gasteiger partial charge in [-0.2, -0.15) is 0 Å². The van der Waals surface area contributed by atoms with Gasteiger partial charge in [0.05, 0.1) is 0 Å². The standard InChI is InChI=1S/C16H26N2O/c1-11-6-7-14(8-12(11)2)18-15(19)9-13(17)10-16(3,4)5/h6-8,13H,9-10,17H2,1-5H3,(H,18,19). The third-order valence-electron chi connectivity index (χ3n) is 3.11. The molecule has 3 N–H and O–H groups in total. The molecule has 1 rings (SSSR count). The fourth-order valence-electron chi connectivity index (χ4n) is 2.13. The van der Waals surface area contributed by atoms with Crippen LogP contribution in [-0.4, -0.2) is 11.9 Å². The van der Waals surface area contributed by atoms with E-state index in [1.54, 1.807) is 0 Å². The number of hydrogen-bond acceptors (Lipinski definition) is 2. The molecule has 1 atom stereocenters. The highest BCUT2D eigenvalue weighted by atomic mass is 16.1. The van der Waals surface area contributed by atoms with E-state index in [2.05, 4.69) is 33.0 Å². The molecule has 0 aliphatic heterocycles. The number of aryl methyl sites for hydroxylation is 2. The Labute approximate surface area is 116 Å². The van der Waals surface area contributed by atoms with E-state index in [9.17, 15) is 4.79 Å². The maximum Gasteiger partial charge on any atom is 0.225 e. The molecule has 106 valence electrons. The number of nitrogens with one attached hydrogen (secondary N) is 1. The van der Waals surface area contributed by atoms with Gasteiger partial charge in [0.15, 0.2) is 0 Å². The highest BCUT2D eigenvalue weighted by Gasteiger charge is 2.18. The van der Waals surface area contributed by atoms with Gasteiger partial charge < -0.3 is 11.1 Å². The summed E-state index contributed by atoms with van der Waals surface area (Å²) in [6.45, 7) is 10.5. The van der Waals surface area contributed by atoms with Crippen LogP contribution in [0.25, 0.3) is 0 Å². The number of carbonyl (C=O) groups excluding carboxylic acids is 1. The van der Waals surface area contributed by atoms with Crippen LogP contribution in [-0.2, 0) is 4.79 Å². The van der Waals surface area contributed by atoms with Gasteiger partial charge in [0.2, 0.25) is 5.91 Å². The topological polar surface area (TPSA) is 55.1 Å². The van der Waals surface area contributed by atoms with Crippen LogP contribution in [0.1, 0.15) is 44.7 Å². The largest absolute Gasteiger partial charge is 0.327 e. The maximum atomic E-state index is 11.9. The van der Waals surface area contributed by atoms with E-state index in [4.69, 9.17) is 5.73 Å². The van der Waals surface area contributed by atoms with E-state index in [0.29, 0.717) is 6.42 Å². The van der Waals surface area contributed by atoms with E-state index >= 15 is 0 Å². The Morgan fingerprint density at radius 2 is 1.89 bits per heavy atom. The second-order valence-electron chi connectivity index (χ2n) is 6.58. The summed E-state index contributed by atoms with van der Waals surface area (Å²) in [5, 5.41) is 2.91. The Kier molecular flexibility index (Phi) is 5.12. The first-order chi connectivity index (χ1) is 8.67. The van der Waals surface area contributed by atoms with Crippen LogP contribution in [0, 0.1) is 19.3 Å². The highest BCUT2D eigenvalue weighted by Crippen LogP contribution is 2.21. The third kappa shape index (κ3) is 5.88. The molecule has 0 aromatic heterocycles. The number of rotatable bonds is 4. The van der Waals surface area contributed by atoms with E-state index in [0.717, 1.165) is 12.1 Å². The first-order valence-electron chi connectivity index (χ1n) is 6.80. The lowest BCUT2D eigenvalue weighted by Crippen LogP contribution is -2.31. The summed E-state index contributed by atoms with van der Waals surface area (Å²) < 4.78 is 0. The molecule has 0 heterocycles. The summed E-state index contributed by atoms with van der Waals surface area (Å²) in [4.78, 5) is 11.9. The Balaban J connectivity index is 2.53. The Morgan fingerprint density at radius 3 is 2.42 bits per heavy atom. The van der Waals surface area contributed by atoms with Crippen LogP contribution in [0.3, 0.4) is 0 Å². The van der Waals surface area contributed by atoms with Gasteiger partial charge in [0, 0.05) is 18.2 Å². The first kappa shape index (κ1) is 15.7. The number of carbonyl (C=O) groups is 1. The SMILES string of the molecule is Cc1ccc(NC(=O)CC(N)CC(C)(C)C)cc1C. The number of benzene rings is 1. The summed E-state index contributed by atoms with van der Waals surface area (Å²) in [6, 6.07) is 5.84. The van der Waals surface area contributed by atoms with Crippen molar-refractivity contribution in [2.45, 2.75) is 53.5 Å². The molecular formula is C16H26N2O. The van der Waals surface area contributed by atoms with Crippen molar-refractivity contribution in [3.05, 3.63) is 29.3 Å². The fraction of sp³-hybridized carbons (Fsp3) is 0.562. The van der Waals surface area contributed by atoms with E-state index < -0.39 is 0 Å². The van der Waals surface area contributed by atoms with Gasteiger partial charge in [-0.1, -0.05) is 26.8 Å². The van der Waals surface area contributed by atoms with Gasteiger partial charge in [-0.05, 0) is 48.9 Å². The molecule has 1 amide bonds. The predicted octanol–water partition coefficient (Wildman–Crippen LogP) is 3.40. The molecule has 1 aromatic carbocycles. The van der Waals surface area contributed by atoms with Crippen LogP contribution in [0.4, 0.5) is 5.69 Å². The molecule has 1 unspecified atom stereocenters. The van der Waals surface area contributed by atoms with E-state index in [-0.39, 0.29) is 17.4 Å². The van der Waals surface area contributed by atoms with Crippen molar-refractivity contribution >= 4 is 11.6 Å². The van der Waals surface area contributed by atoms with Crippen molar-refractivity contribution in [2.24, 2.45) is 11.1 Å². The average Bonchev–Trinajstić information content (AvgIpc) is 2.20. The minimum atomic E-state index is -0.0912. The third-order valence-corrected chi connectivity index (χ3v) is 3.11. The van der Waals surface area contributed by atoms with Crippen LogP contribution in [0.5, 0.6) is 0 Å². The zero-order valence-electron chi connectivity index (χ0n) is 12.7. The molecular weight excluding hydrogens is 236 g/mol. The van der Waals surface area contributed by atoms with E-state index in [1.165, 1.54) is 11.1 Å². The molecule has 0 saturated carbocycles. The summed E-state index contributed by atoms with van der Waals surface area (Å²) >= 11 is 0. The lowest BCUT2D eigenvalue weighted by molar-refractivity contribution is -0.116. The lowest BCUT2D eigenvalue weighted by atomic mass is 9.87. The van der Waals surface area contributed by atoms with Crippen molar-refractivity contribution in [2.75, 3.05) is 5.32 Å². The average molecular weight is 262 g/mol. The Bertz CT molecular complexity index is 447. The molecule has 0 aliphatic carbocycles. The molecule has 0 radical (unpaired) electrons. The molecule has 0 spiro atoms. The summed E-state index contributed by atoms with van der Waals surface area (Å²) in [6.07, 6.45) is 1.21. The van der Waals surface area contributed by atoms with Gasteiger partial charge in [-0.3, -0.25) is 4.79 Å². The van der Waals surface area contributed by atoms with Gasteiger partial charge in [0.25, 0.3) is 0 Å². The monoisotopic (exact) mass is 262 g/mol. The van der Waals surface area contributed by atoms with Crippen LogP contribution in [0.15, 0.2) is 18.2 Å². The quantitative estimate of drug-likeness (QED) is 0.873. The summed E-state index contributed by atoms with van der Waals surface area (Å²) in [7, 11) is 0. The van der Waals surface area contributed by atoms with Gasteiger partial charge in [-0.25, -0.2) is 0 Å². The van der Waals surface area contributed by atoms with Crippen molar-refractivity contribution in [3.63, 3.8) is 0 Å². The van der Waals surface area contributed by atoms with Crippen LogP contribution >= 0.6 is 0 Å². The summed E-state index contributed by atoms with van der Waals surface area (Å²) in [5.74, 6) is -0.0139. The fourth-order valence-corrected chi connectivity index (χ4v) is 2.13. The zero-order valence-corrected chi connectivity index (χ0v) is 12.7. The second-order valence-corrected chi connectivity index (χ2v) is 6.58. The molecule has 19 heavy (non-hydrogen) atoms. The summed E-state index contributed by atoms with van der Waals surface area (Å²) in [5.41, 5.74) is 9.41. The second kappa shape index (κ2) is 6.20. The number of anilines is 1. The van der Waals surface area contributed by atoms with Crippen molar-refractivity contribution in [1.82, 2.24) is 0 Å². The van der Waals surface area contributed by atoms with Crippen molar-refractivity contribution in [1.29, 1.82) is 0 Å². The van der Waals surface area contributed by atoms with Gasteiger partial charge >= 0.3 is 0 Å².